The van der Waals surface area contributed by atoms with Gasteiger partial charge in [-0.05, 0) is 31.0 Å². The molecule has 0 radical (unpaired) electrons. The van der Waals surface area contributed by atoms with Crippen LogP contribution in [0, 0.1) is 6.92 Å². The molecule has 0 spiro atoms. The van der Waals surface area contributed by atoms with Gasteiger partial charge in [-0.15, -0.1) is 0 Å². The Labute approximate surface area is 122 Å². The van der Waals surface area contributed by atoms with Gasteiger partial charge >= 0.3 is 4.87 Å². The first kappa shape index (κ1) is 14.5. The summed E-state index contributed by atoms with van der Waals surface area (Å²) in [5, 5.41) is 4.65. The number of hydrogen-bond acceptors (Lipinski definition) is 3. The zero-order valence-corrected chi connectivity index (χ0v) is 12.5. The normalized spacial score (nSPS) is 10.5. The highest BCUT2D eigenvalue weighted by atomic mass is 32.1. The van der Waals surface area contributed by atoms with Gasteiger partial charge in [0.25, 0.3) is 0 Å². The lowest BCUT2D eigenvalue weighted by molar-refractivity contribution is -0.116. The Kier molecular flexibility index (Phi) is 4.74. The van der Waals surface area contributed by atoms with Gasteiger partial charge < -0.3 is 9.88 Å². The molecule has 5 heteroatoms. The molecule has 0 fully saturated rings. The molecule has 2 aromatic rings. The van der Waals surface area contributed by atoms with Gasteiger partial charge in [0.2, 0.25) is 5.91 Å². The second kappa shape index (κ2) is 6.52. The van der Waals surface area contributed by atoms with E-state index in [4.69, 9.17) is 0 Å². The average molecular weight is 290 g/mol. The Bertz CT molecular complexity index is 641. The van der Waals surface area contributed by atoms with Crippen LogP contribution in [0.15, 0.2) is 34.4 Å². The van der Waals surface area contributed by atoms with Crippen LogP contribution in [0.25, 0.3) is 0 Å². The molecule has 4 nitrogen and oxygen atoms in total. The van der Waals surface area contributed by atoms with Crippen LogP contribution in [0.5, 0.6) is 0 Å². The van der Waals surface area contributed by atoms with Crippen molar-refractivity contribution in [3.8, 4) is 0 Å². The fraction of sp³-hybridized carbons (Fsp3) is 0.333. The zero-order chi connectivity index (χ0) is 14.5. The summed E-state index contributed by atoms with van der Waals surface area (Å²) < 4.78 is 1.63. The van der Waals surface area contributed by atoms with E-state index in [0.29, 0.717) is 13.0 Å². The predicted octanol–water partition coefficient (Wildman–Crippen LogP) is 2.81. The number of nitrogens with one attached hydrogen (secondary N) is 1. The third kappa shape index (κ3) is 3.57. The third-order valence-electron chi connectivity index (χ3n) is 3.18. The first-order chi connectivity index (χ1) is 9.60. The molecule has 0 saturated heterocycles. The smallest absolute Gasteiger partial charge is 0.307 e. The number of aryl methyl sites for hydroxylation is 2. The van der Waals surface area contributed by atoms with Gasteiger partial charge in [-0.25, -0.2) is 0 Å². The summed E-state index contributed by atoms with van der Waals surface area (Å²) in [5.74, 6) is -0.0771. The number of aromatic nitrogens is 1. The second-order valence-electron chi connectivity index (χ2n) is 4.64. The Morgan fingerprint density at radius 3 is 2.55 bits per heavy atom. The molecule has 106 valence electrons. The van der Waals surface area contributed by atoms with Gasteiger partial charge in [0.15, 0.2) is 0 Å². The number of nitrogens with zero attached hydrogens (tertiary/aromatic N) is 1. The minimum absolute atomic E-state index is 0.0115. The van der Waals surface area contributed by atoms with Crippen LogP contribution in [0.2, 0.25) is 0 Å². The molecule has 0 saturated carbocycles. The van der Waals surface area contributed by atoms with Crippen LogP contribution in [0.1, 0.15) is 24.6 Å². The lowest BCUT2D eigenvalue weighted by Gasteiger charge is -2.07. The fourth-order valence-electron chi connectivity index (χ4n) is 1.94. The van der Waals surface area contributed by atoms with E-state index < -0.39 is 0 Å². The summed E-state index contributed by atoms with van der Waals surface area (Å²) in [4.78, 5) is 23.4. The molecule has 0 atom stereocenters. The lowest BCUT2D eigenvalue weighted by atomic mass is 10.1. The van der Waals surface area contributed by atoms with Crippen LogP contribution in [0.4, 0.5) is 5.69 Å². The standard InChI is InChI=1S/C15H18N2O2S/c1-3-12-4-6-13(7-5-12)16-14(18)8-9-17-11(2)10-20-15(17)19/h4-7,10H,3,8-9H2,1-2H3,(H,16,18). The number of carbonyl (C=O) groups is 1. The van der Waals surface area contributed by atoms with Crippen LogP contribution in [-0.2, 0) is 17.8 Å². The molecule has 0 aliphatic carbocycles. The molecule has 0 bridgehead atoms. The highest BCUT2D eigenvalue weighted by Crippen LogP contribution is 2.10. The topological polar surface area (TPSA) is 51.1 Å². The zero-order valence-electron chi connectivity index (χ0n) is 11.7. The van der Waals surface area contributed by atoms with Crippen molar-refractivity contribution in [2.45, 2.75) is 33.2 Å². The van der Waals surface area contributed by atoms with Crippen molar-refractivity contribution >= 4 is 22.9 Å². The van der Waals surface area contributed by atoms with Gasteiger partial charge in [0, 0.05) is 29.7 Å². The van der Waals surface area contributed by atoms with E-state index in [1.807, 2.05) is 36.6 Å². The molecular weight excluding hydrogens is 272 g/mol. The maximum Gasteiger partial charge on any atom is 0.307 e. The van der Waals surface area contributed by atoms with Gasteiger partial charge in [0.05, 0.1) is 0 Å². The number of benzene rings is 1. The molecule has 0 aliphatic rings. The first-order valence-electron chi connectivity index (χ1n) is 6.64. The minimum atomic E-state index is -0.0771. The number of rotatable bonds is 5. The predicted molar refractivity (Wildman–Crippen MR) is 82.4 cm³/mol. The summed E-state index contributed by atoms with van der Waals surface area (Å²) in [5.41, 5.74) is 2.94. The molecule has 1 N–H and O–H groups in total. The molecule has 2 rings (SSSR count). The molecule has 20 heavy (non-hydrogen) atoms. The van der Waals surface area contributed by atoms with Crippen molar-refractivity contribution in [2.75, 3.05) is 5.32 Å². The van der Waals surface area contributed by atoms with E-state index in [2.05, 4.69) is 12.2 Å². The fourth-order valence-corrected chi connectivity index (χ4v) is 2.70. The number of carbonyl (C=O) groups excluding carboxylic acids is 1. The Hall–Kier alpha value is -1.88. The van der Waals surface area contributed by atoms with Crippen molar-refractivity contribution in [1.82, 2.24) is 4.57 Å². The summed E-state index contributed by atoms with van der Waals surface area (Å²) in [7, 11) is 0. The van der Waals surface area contributed by atoms with Crippen LogP contribution >= 0.6 is 11.3 Å². The summed E-state index contributed by atoms with van der Waals surface area (Å²) in [6.45, 7) is 4.39. The third-order valence-corrected chi connectivity index (χ3v) is 4.07. The van der Waals surface area contributed by atoms with E-state index in [0.717, 1.165) is 17.8 Å². The van der Waals surface area contributed by atoms with Gasteiger partial charge in [-0.1, -0.05) is 30.4 Å². The van der Waals surface area contributed by atoms with Crippen LogP contribution in [0.3, 0.4) is 0 Å². The Balaban J connectivity index is 1.91. The van der Waals surface area contributed by atoms with Crippen LogP contribution < -0.4 is 10.2 Å². The maximum atomic E-state index is 11.9. The number of amides is 1. The number of anilines is 1. The van der Waals surface area contributed by atoms with E-state index >= 15 is 0 Å². The van der Waals surface area contributed by atoms with Crippen molar-refractivity contribution in [1.29, 1.82) is 0 Å². The van der Waals surface area contributed by atoms with Crippen molar-refractivity contribution in [2.24, 2.45) is 0 Å². The highest BCUT2D eigenvalue weighted by molar-refractivity contribution is 7.07. The number of thiazole rings is 1. The van der Waals surface area contributed by atoms with E-state index in [1.54, 1.807) is 4.57 Å². The average Bonchev–Trinajstić information content (AvgIpc) is 2.77. The molecule has 1 heterocycles. The summed E-state index contributed by atoms with van der Waals surface area (Å²) in [6.07, 6.45) is 1.28. The second-order valence-corrected chi connectivity index (χ2v) is 5.46. The Morgan fingerprint density at radius 2 is 2.00 bits per heavy atom. The van der Waals surface area contributed by atoms with Crippen LogP contribution in [-0.4, -0.2) is 10.5 Å². The number of hydrogen-bond donors (Lipinski definition) is 1. The van der Waals surface area contributed by atoms with Crippen molar-refractivity contribution in [3.63, 3.8) is 0 Å². The quantitative estimate of drug-likeness (QED) is 0.920. The van der Waals surface area contributed by atoms with Gasteiger partial charge in [-0.3, -0.25) is 9.59 Å². The highest BCUT2D eigenvalue weighted by Gasteiger charge is 2.06. The molecule has 1 aromatic heterocycles. The monoisotopic (exact) mass is 290 g/mol. The van der Waals surface area contributed by atoms with E-state index in [1.165, 1.54) is 16.9 Å². The SMILES string of the molecule is CCc1ccc(NC(=O)CCn2c(C)csc2=O)cc1. The summed E-state index contributed by atoms with van der Waals surface area (Å²) in [6, 6.07) is 7.81. The Morgan fingerprint density at radius 1 is 1.30 bits per heavy atom. The maximum absolute atomic E-state index is 11.9. The minimum Gasteiger partial charge on any atom is -0.326 e. The lowest BCUT2D eigenvalue weighted by Crippen LogP contribution is -2.20. The van der Waals surface area contributed by atoms with E-state index in [-0.39, 0.29) is 10.8 Å². The largest absolute Gasteiger partial charge is 0.326 e. The van der Waals surface area contributed by atoms with Crippen molar-refractivity contribution in [3.05, 3.63) is 50.6 Å². The molecular formula is C15H18N2O2S. The summed E-state index contributed by atoms with van der Waals surface area (Å²) >= 11 is 1.17. The van der Waals surface area contributed by atoms with Crippen molar-refractivity contribution < 1.29 is 4.79 Å². The molecule has 0 aliphatic heterocycles. The first-order valence-corrected chi connectivity index (χ1v) is 7.52. The molecule has 1 aromatic carbocycles. The molecule has 1 amide bonds. The van der Waals surface area contributed by atoms with E-state index in [9.17, 15) is 9.59 Å². The van der Waals surface area contributed by atoms with Gasteiger partial charge in [-0.2, -0.15) is 0 Å². The van der Waals surface area contributed by atoms with Gasteiger partial charge in [0.1, 0.15) is 0 Å². The molecule has 0 unspecified atom stereocenters.